The fourth-order valence-corrected chi connectivity index (χ4v) is 3.81. The molecule has 0 radical (unpaired) electrons. The standard InChI is InChI=1S/C24H28F3N3O4S/c1-30(15-17-8-9-20(33-3)21(13-17)34-4)16-18(7-5-10-31)19-14-22(24(25,26)27)29-23(28-19)35-12-6-11-32-2/h5,7-10,13-14,16H,6,11-12,15H2,1-4H3/b7-5-,18-16+. The van der Waals surface area contributed by atoms with E-state index in [9.17, 15) is 18.0 Å². The number of aldehydes is 1. The Morgan fingerprint density at radius 1 is 1.11 bits per heavy atom. The Bertz CT molecular complexity index is 1050. The van der Waals surface area contributed by atoms with Crippen LogP contribution in [0.4, 0.5) is 13.2 Å². The molecule has 1 aromatic carbocycles. The van der Waals surface area contributed by atoms with Gasteiger partial charge in [-0.15, -0.1) is 0 Å². The zero-order valence-corrected chi connectivity index (χ0v) is 20.8. The van der Waals surface area contributed by atoms with E-state index >= 15 is 0 Å². The van der Waals surface area contributed by atoms with Crippen molar-refractivity contribution >= 4 is 23.6 Å². The predicted octanol–water partition coefficient (Wildman–Crippen LogP) is 4.87. The maximum absolute atomic E-state index is 13.5. The number of benzene rings is 1. The molecule has 0 bridgehead atoms. The van der Waals surface area contributed by atoms with Gasteiger partial charge in [-0.05, 0) is 42.3 Å². The molecule has 2 aromatic rings. The highest BCUT2D eigenvalue weighted by molar-refractivity contribution is 7.99. The number of carbonyl (C=O) groups is 1. The van der Waals surface area contributed by atoms with Gasteiger partial charge in [-0.3, -0.25) is 4.79 Å². The van der Waals surface area contributed by atoms with Crippen LogP contribution in [0.1, 0.15) is 23.4 Å². The lowest BCUT2D eigenvalue weighted by atomic mass is 10.1. The maximum atomic E-state index is 13.5. The molecule has 0 amide bonds. The molecule has 35 heavy (non-hydrogen) atoms. The summed E-state index contributed by atoms with van der Waals surface area (Å²) in [6.45, 7) is 0.890. The van der Waals surface area contributed by atoms with Crippen LogP contribution in [0.3, 0.4) is 0 Å². The van der Waals surface area contributed by atoms with Crippen LogP contribution in [-0.2, 0) is 22.3 Å². The molecule has 1 heterocycles. The van der Waals surface area contributed by atoms with Gasteiger partial charge >= 0.3 is 6.18 Å². The average Bonchev–Trinajstić information content (AvgIpc) is 2.83. The molecule has 0 aliphatic rings. The van der Waals surface area contributed by atoms with E-state index < -0.39 is 11.9 Å². The van der Waals surface area contributed by atoms with E-state index in [4.69, 9.17) is 14.2 Å². The fourth-order valence-electron chi connectivity index (χ4n) is 3.04. The fraction of sp³-hybridized carbons (Fsp3) is 0.375. The van der Waals surface area contributed by atoms with Crippen molar-refractivity contribution in [3.8, 4) is 11.5 Å². The number of carbonyl (C=O) groups excluding carboxylic acids is 1. The second-order valence-corrected chi connectivity index (χ2v) is 8.36. The highest BCUT2D eigenvalue weighted by Crippen LogP contribution is 2.32. The van der Waals surface area contributed by atoms with Crippen LogP contribution < -0.4 is 9.47 Å². The minimum atomic E-state index is -4.65. The lowest BCUT2D eigenvalue weighted by molar-refractivity contribution is -0.141. The summed E-state index contributed by atoms with van der Waals surface area (Å²) in [4.78, 5) is 20.7. The number of rotatable bonds is 13. The molecular formula is C24H28F3N3O4S. The van der Waals surface area contributed by atoms with Gasteiger partial charge in [0, 0.05) is 44.8 Å². The summed E-state index contributed by atoms with van der Waals surface area (Å²) >= 11 is 1.11. The molecule has 7 nitrogen and oxygen atoms in total. The number of thioether (sulfide) groups is 1. The number of nitrogens with zero attached hydrogens (tertiary/aromatic N) is 3. The first kappa shape index (κ1) is 28.2. The van der Waals surface area contributed by atoms with Crippen molar-refractivity contribution in [1.82, 2.24) is 14.9 Å². The molecule has 2 rings (SSSR count). The third kappa shape index (κ3) is 8.91. The van der Waals surface area contributed by atoms with Crippen LogP contribution in [-0.4, -0.2) is 61.9 Å². The Morgan fingerprint density at radius 3 is 2.49 bits per heavy atom. The predicted molar refractivity (Wildman–Crippen MR) is 128 cm³/mol. The summed E-state index contributed by atoms with van der Waals surface area (Å²) in [5.74, 6) is 1.64. The smallest absolute Gasteiger partial charge is 0.433 e. The summed E-state index contributed by atoms with van der Waals surface area (Å²) in [5, 5.41) is -0.00104. The Labute approximate surface area is 207 Å². The number of halogens is 3. The molecule has 11 heteroatoms. The van der Waals surface area contributed by atoms with Crippen LogP contribution in [0.25, 0.3) is 5.57 Å². The Morgan fingerprint density at radius 2 is 1.86 bits per heavy atom. The van der Waals surface area contributed by atoms with Gasteiger partial charge in [0.1, 0.15) is 12.0 Å². The van der Waals surface area contributed by atoms with Gasteiger partial charge in [-0.2, -0.15) is 13.2 Å². The quantitative estimate of drug-likeness (QED) is 0.0942. The highest BCUT2D eigenvalue weighted by Gasteiger charge is 2.34. The van der Waals surface area contributed by atoms with E-state index in [0.717, 1.165) is 23.4 Å². The van der Waals surface area contributed by atoms with Gasteiger partial charge in [0.05, 0.1) is 19.9 Å². The van der Waals surface area contributed by atoms with E-state index in [1.165, 1.54) is 19.3 Å². The molecule has 0 atom stereocenters. The van der Waals surface area contributed by atoms with Gasteiger partial charge in [0.15, 0.2) is 16.7 Å². The van der Waals surface area contributed by atoms with Crippen molar-refractivity contribution in [2.45, 2.75) is 24.3 Å². The molecule has 0 saturated heterocycles. The van der Waals surface area contributed by atoms with E-state index in [1.54, 1.807) is 38.4 Å². The van der Waals surface area contributed by atoms with Crippen molar-refractivity contribution < 1.29 is 32.2 Å². The van der Waals surface area contributed by atoms with Crippen molar-refractivity contribution in [2.24, 2.45) is 0 Å². The molecule has 0 aliphatic heterocycles. The number of aromatic nitrogens is 2. The van der Waals surface area contributed by atoms with Gasteiger partial charge < -0.3 is 19.1 Å². The zero-order chi connectivity index (χ0) is 25.8. The van der Waals surface area contributed by atoms with Gasteiger partial charge in [-0.1, -0.05) is 17.8 Å². The summed E-state index contributed by atoms with van der Waals surface area (Å²) in [7, 11) is 6.39. The summed E-state index contributed by atoms with van der Waals surface area (Å²) in [6, 6.07) is 6.32. The van der Waals surface area contributed by atoms with E-state index in [1.807, 2.05) is 12.1 Å². The van der Waals surface area contributed by atoms with Crippen molar-refractivity contribution in [1.29, 1.82) is 0 Å². The monoisotopic (exact) mass is 511 g/mol. The first-order valence-corrected chi connectivity index (χ1v) is 11.5. The first-order chi connectivity index (χ1) is 16.7. The van der Waals surface area contributed by atoms with Crippen LogP contribution in [0.2, 0.25) is 0 Å². The van der Waals surface area contributed by atoms with Crippen LogP contribution >= 0.6 is 11.8 Å². The highest BCUT2D eigenvalue weighted by atomic mass is 32.2. The number of hydrogen-bond acceptors (Lipinski definition) is 8. The number of ether oxygens (including phenoxy) is 3. The third-order valence-corrected chi connectivity index (χ3v) is 5.54. The molecule has 0 N–H and O–H groups in total. The van der Waals surface area contributed by atoms with Crippen LogP contribution in [0, 0.1) is 0 Å². The van der Waals surface area contributed by atoms with Crippen LogP contribution in [0.5, 0.6) is 11.5 Å². The lowest BCUT2D eigenvalue weighted by Crippen LogP contribution is -2.13. The molecule has 0 aliphatic carbocycles. The van der Waals surface area contributed by atoms with Gasteiger partial charge in [-0.25, -0.2) is 9.97 Å². The minimum Gasteiger partial charge on any atom is -0.493 e. The molecule has 1 aromatic heterocycles. The lowest BCUT2D eigenvalue weighted by Gasteiger charge is -2.18. The number of alkyl halides is 3. The molecule has 0 fully saturated rings. The van der Waals surface area contributed by atoms with Gasteiger partial charge in [0.2, 0.25) is 0 Å². The van der Waals surface area contributed by atoms with Crippen molar-refractivity contribution in [3.63, 3.8) is 0 Å². The second-order valence-electron chi connectivity index (χ2n) is 7.30. The summed E-state index contributed by atoms with van der Waals surface area (Å²) in [5.41, 5.74) is 0.211. The SMILES string of the molecule is COCCCSc1nc(C(/C=C\C=O)=C/N(C)Cc2ccc(OC)c(OC)c2)cc(C(F)(F)F)n1. The second kappa shape index (κ2) is 13.7. The van der Waals surface area contributed by atoms with E-state index in [0.29, 0.717) is 48.7 Å². The summed E-state index contributed by atoms with van der Waals surface area (Å²) < 4.78 is 56.2. The van der Waals surface area contributed by atoms with E-state index in [-0.39, 0.29) is 10.9 Å². The Hall–Kier alpha value is -3.05. The van der Waals surface area contributed by atoms with Crippen molar-refractivity contribution in [2.75, 3.05) is 40.7 Å². The molecule has 190 valence electrons. The van der Waals surface area contributed by atoms with E-state index in [2.05, 4.69) is 9.97 Å². The number of hydrogen-bond donors (Lipinski definition) is 0. The third-order valence-electron chi connectivity index (χ3n) is 4.61. The molecule has 0 saturated carbocycles. The Kier molecular flexibility index (Phi) is 11.1. The van der Waals surface area contributed by atoms with Crippen molar-refractivity contribution in [3.05, 3.63) is 59.6 Å². The average molecular weight is 512 g/mol. The largest absolute Gasteiger partial charge is 0.493 e. The molecule has 0 spiro atoms. The normalized spacial score (nSPS) is 12.1. The topological polar surface area (TPSA) is 73.8 Å². The number of methoxy groups -OCH3 is 3. The van der Waals surface area contributed by atoms with Gasteiger partial charge in [0.25, 0.3) is 0 Å². The van der Waals surface area contributed by atoms with Crippen LogP contribution in [0.15, 0.2) is 47.8 Å². The summed E-state index contributed by atoms with van der Waals surface area (Å²) in [6.07, 6.45) is 0.784. The zero-order valence-electron chi connectivity index (χ0n) is 20.0. The first-order valence-electron chi connectivity index (χ1n) is 10.5. The molecule has 0 unspecified atom stereocenters. The Balaban J connectivity index is 2.40. The maximum Gasteiger partial charge on any atom is 0.433 e. The number of allylic oxidation sites excluding steroid dienone is 3. The molecular weight excluding hydrogens is 483 g/mol. The minimum absolute atomic E-state index is 0.00104.